The zero-order valence-electron chi connectivity index (χ0n) is 15.6. The molecule has 2 fully saturated rings. The summed E-state index contributed by atoms with van der Waals surface area (Å²) >= 11 is 6.18. The smallest absolute Gasteiger partial charge is 0.145 e. The number of rotatable bonds is 6. The molecule has 142 valence electrons. The van der Waals surface area contributed by atoms with Crippen molar-refractivity contribution in [3.8, 4) is 0 Å². The number of ether oxygens (including phenoxy) is 1. The summed E-state index contributed by atoms with van der Waals surface area (Å²) in [6.07, 6.45) is 8.55. The molecule has 0 N–H and O–H groups in total. The highest BCUT2D eigenvalue weighted by Crippen LogP contribution is 2.38. The molecular weight excluding hydrogens is 359 g/mol. The Kier molecular flexibility index (Phi) is 5.66. The maximum atomic E-state index is 14.5. The number of aryl methyl sites for hydroxylation is 2. The normalized spacial score (nSPS) is 24.6. The second kappa shape index (κ2) is 8.16. The van der Waals surface area contributed by atoms with Gasteiger partial charge in [-0.15, -0.1) is 6.58 Å². The van der Waals surface area contributed by atoms with E-state index in [2.05, 4.69) is 36.9 Å². The third-order valence-corrected chi connectivity index (χ3v) is 6.50. The van der Waals surface area contributed by atoms with Crippen LogP contribution in [0.2, 0.25) is 5.02 Å². The molecule has 2 aromatic carbocycles. The van der Waals surface area contributed by atoms with Crippen molar-refractivity contribution in [3.05, 3.63) is 82.1 Å². The van der Waals surface area contributed by atoms with E-state index in [1.54, 1.807) is 0 Å². The fourth-order valence-corrected chi connectivity index (χ4v) is 4.50. The molecule has 1 saturated carbocycles. The Morgan fingerprint density at radius 1 is 1.04 bits per heavy atom. The number of hydrogen-bond acceptors (Lipinski definition) is 1. The van der Waals surface area contributed by atoms with Gasteiger partial charge in [0.05, 0.1) is 11.6 Å². The Balaban J connectivity index is 1.36. The van der Waals surface area contributed by atoms with E-state index in [1.165, 1.54) is 36.8 Å². The largest absolute Gasteiger partial charge is 0.368 e. The van der Waals surface area contributed by atoms with Crippen LogP contribution < -0.4 is 0 Å². The zero-order chi connectivity index (χ0) is 18.8. The summed E-state index contributed by atoms with van der Waals surface area (Å²) in [5.74, 6) is 1.07. The lowest BCUT2D eigenvalue weighted by Gasteiger charge is -2.27. The van der Waals surface area contributed by atoms with E-state index in [-0.39, 0.29) is 16.9 Å². The number of halogens is 2. The van der Waals surface area contributed by atoms with Crippen LogP contribution in [-0.2, 0) is 17.6 Å². The van der Waals surface area contributed by atoms with Gasteiger partial charge in [0.1, 0.15) is 11.9 Å². The molecule has 0 radical (unpaired) electrons. The molecule has 1 saturated heterocycles. The maximum absolute atomic E-state index is 14.5. The first kappa shape index (κ1) is 18.7. The SMILES string of the molecule is C=CC1CCC(c2ccc(CCc3ccc(C4CO4)c(Cl)c3F)cc2)CC1. The minimum Gasteiger partial charge on any atom is -0.368 e. The first-order chi connectivity index (χ1) is 13.2. The predicted octanol–water partition coefficient (Wildman–Crippen LogP) is 6.80. The van der Waals surface area contributed by atoms with Gasteiger partial charge in [0.15, 0.2) is 0 Å². The molecule has 1 unspecified atom stereocenters. The van der Waals surface area contributed by atoms with E-state index < -0.39 is 0 Å². The molecule has 0 amide bonds. The van der Waals surface area contributed by atoms with Gasteiger partial charge in [0.25, 0.3) is 0 Å². The Morgan fingerprint density at radius 2 is 1.74 bits per heavy atom. The molecule has 27 heavy (non-hydrogen) atoms. The summed E-state index contributed by atoms with van der Waals surface area (Å²) in [5.41, 5.74) is 4.12. The first-order valence-electron chi connectivity index (χ1n) is 9.95. The maximum Gasteiger partial charge on any atom is 0.145 e. The Morgan fingerprint density at radius 3 is 2.37 bits per heavy atom. The number of hydrogen-bond donors (Lipinski definition) is 0. The highest BCUT2D eigenvalue weighted by atomic mass is 35.5. The van der Waals surface area contributed by atoms with Crippen molar-refractivity contribution in [2.24, 2.45) is 5.92 Å². The van der Waals surface area contributed by atoms with Gasteiger partial charge in [0.2, 0.25) is 0 Å². The van der Waals surface area contributed by atoms with Crippen molar-refractivity contribution in [2.45, 2.75) is 50.5 Å². The molecule has 1 aliphatic heterocycles. The standard InChI is InChI=1S/C24H26ClFO/c1-2-16-3-8-18(9-4-16)19-10-5-17(6-11-19)7-12-20-13-14-21(22-15-27-22)23(25)24(20)26/h2,5-6,10-11,13-14,16,18,22H,1,3-4,7-9,12,15H2. The lowest BCUT2D eigenvalue weighted by molar-refractivity contribution is 0.376. The monoisotopic (exact) mass is 384 g/mol. The van der Waals surface area contributed by atoms with E-state index in [1.807, 2.05) is 12.1 Å². The van der Waals surface area contributed by atoms with Gasteiger partial charge < -0.3 is 4.74 Å². The Bertz CT molecular complexity index is 802. The quantitative estimate of drug-likeness (QED) is 0.394. The molecule has 1 atom stereocenters. The Hall–Kier alpha value is -1.64. The average Bonchev–Trinajstić information content (AvgIpc) is 3.55. The van der Waals surface area contributed by atoms with Gasteiger partial charge in [-0.2, -0.15) is 0 Å². The van der Waals surface area contributed by atoms with Gasteiger partial charge in [-0.3, -0.25) is 0 Å². The molecule has 1 aliphatic carbocycles. The van der Waals surface area contributed by atoms with Crippen molar-refractivity contribution in [1.29, 1.82) is 0 Å². The molecule has 2 aromatic rings. The minimum absolute atomic E-state index is 0.0184. The van der Waals surface area contributed by atoms with Crippen LogP contribution in [0.25, 0.3) is 0 Å². The van der Waals surface area contributed by atoms with Crippen LogP contribution in [0, 0.1) is 11.7 Å². The van der Waals surface area contributed by atoms with Gasteiger partial charge in [0, 0.05) is 5.56 Å². The predicted molar refractivity (Wildman–Crippen MR) is 109 cm³/mol. The van der Waals surface area contributed by atoms with Crippen LogP contribution in [0.15, 0.2) is 49.1 Å². The highest BCUT2D eigenvalue weighted by Gasteiger charge is 2.29. The molecule has 1 nitrogen and oxygen atoms in total. The molecule has 1 heterocycles. The van der Waals surface area contributed by atoms with Crippen molar-refractivity contribution >= 4 is 11.6 Å². The summed E-state index contributed by atoms with van der Waals surface area (Å²) in [6, 6.07) is 12.7. The van der Waals surface area contributed by atoms with E-state index in [4.69, 9.17) is 16.3 Å². The first-order valence-corrected chi connectivity index (χ1v) is 10.3. The molecule has 0 spiro atoms. The number of benzene rings is 2. The fraction of sp³-hybridized carbons (Fsp3) is 0.417. The summed E-state index contributed by atoms with van der Waals surface area (Å²) in [7, 11) is 0. The van der Waals surface area contributed by atoms with Gasteiger partial charge in [-0.25, -0.2) is 4.39 Å². The van der Waals surface area contributed by atoms with Crippen LogP contribution >= 0.6 is 11.6 Å². The van der Waals surface area contributed by atoms with Crippen LogP contribution in [0.5, 0.6) is 0 Å². The van der Waals surface area contributed by atoms with Gasteiger partial charge in [-0.05, 0) is 67.1 Å². The van der Waals surface area contributed by atoms with Gasteiger partial charge >= 0.3 is 0 Å². The number of epoxide rings is 1. The third kappa shape index (κ3) is 4.28. The summed E-state index contributed by atoms with van der Waals surface area (Å²) in [5, 5.41) is 0.223. The van der Waals surface area contributed by atoms with Crippen molar-refractivity contribution in [3.63, 3.8) is 0 Å². The second-order valence-corrected chi connectivity index (χ2v) is 8.23. The summed E-state index contributed by atoms with van der Waals surface area (Å²) < 4.78 is 19.7. The average molecular weight is 385 g/mol. The van der Waals surface area contributed by atoms with E-state index in [0.717, 1.165) is 12.0 Å². The number of allylic oxidation sites excluding steroid dienone is 1. The lowest BCUT2D eigenvalue weighted by Crippen LogP contribution is -2.11. The topological polar surface area (TPSA) is 12.5 Å². The minimum atomic E-state index is -0.291. The lowest BCUT2D eigenvalue weighted by atomic mass is 9.78. The highest BCUT2D eigenvalue weighted by molar-refractivity contribution is 6.31. The van der Waals surface area contributed by atoms with Crippen molar-refractivity contribution in [2.75, 3.05) is 6.61 Å². The summed E-state index contributed by atoms with van der Waals surface area (Å²) in [6.45, 7) is 4.56. The van der Waals surface area contributed by atoms with E-state index in [0.29, 0.717) is 30.4 Å². The van der Waals surface area contributed by atoms with Crippen LogP contribution in [-0.4, -0.2) is 6.61 Å². The zero-order valence-corrected chi connectivity index (χ0v) is 16.4. The molecule has 0 bridgehead atoms. The van der Waals surface area contributed by atoms with Crippen molar-refractivity contribution < 1.29 is 9.13 Å². The van der Waals surface area contributed by atoms with Crippen molar-refractivity contribution in [1.82, 2.24) is 0 Å². The van der Waals surface area contributed by atoms with E-state index in [9.17, 15) is 4.39 Å². The van der Waals surface area contributed by atoms with Crippen LogP contribution in [0.3, 0.4) is 0 Å². The Labute approximate surface area is 166 Å². The van der Waals surface area contributed by atoms with Crippen LogP contribution in [0.4, 0.5) is 4.39 Å². The third-order valence-electron chi connectivity index (χ3n) is 6.11. The van der Waals surface area contributed by atoms with Gasteiger partial charge in [-0.1, -0.05) is 54.1 Å². The molecule has 0 aromatic heterocycles. The molecule has 2 aliphatic rings. The second-order valence-electron chi connectivity index (χ2n) is 7.85. The molecule has 3 heteroatoms. The molecule has 4 rings (SSSR count). The van der Waals surface area contributed by atoms with Crippen LogP contribution in [0.1, 0.15) is 60.0 Å². The fourth-order valence-electron chi connectivity index (χ4n) is 4.20. The summed E-state index contributed by atoms with van der Waals surface area (Å²) in [4.78, 5) is 0. The van der Waals surface area contributed by atoms with E-state index >= 15 is 0 Å². The molecular formula is C24H26ClFO.